The lowest BCUT2D eigenvalue weighted by Crippen LogP contribution is -2.60. The number of fused-ring (bicyclic) bond motifs is 1. The minimum Gasteiger partial charge on any atom is -0.448 e. The molecule has 2 atom stereocenters. The van der Waals surface area contributed by atoms with Crippen LogP contribution in [0, 0.1) is 0 Å². The number of carbonyl (C=O) groups is 4. The van der Waals surface area contributed by atoms with Crippen molar-refractivity contribution < 1.29 is 33.5 Å². The van der Waals surface area contributed by atoms with Crippen LogP contribution in [-0.4, -0.2) is 70.8 Å². The van der Waals surface area contributed by atoms with E-state index in [4.69, 9.17) is 29.4 Å². The van der Waals surface area contributed by atoms with Crippen molar-refractivity contribution in [2.45, 2.75) is 65.4 Å². The summed E-state index contributed by atoms with van der Waals surface area (Å²) in [5, 5.41) is 17.4. The predicted molar refractivity (Wildman–Crippen MR) is 354 cm³/mol. The first-order valence-electron chi connectivity index (χ1n) is 28.9. The van der Waals surface area contributed by atoms with Crippen molar-refractivity contribution in [3.8, 4) is 0 Å². The number of hydrogen-bond donors (Lipinski definition) is 2. The zero-order chi connectivity index (χ0) is 62.1. The maximum atomic E-state index is 15.8. The van der Waals surface area contributed by atoms with Crippen LogP contribution >= 0.6 is 46.6 Å². The third-order valence-electron chi connectivity index (χ3n) is 15.1. The SMILES string of the molecule is CC(C)(C)OC(=O)Nc1nc(C2(NC(=O)/C=N\OC(c3ccccc3)(c3ccccc3)c3ccccc3)S[C@@H]3CC(=O)N3C(C(=O)OC(c3ccccc3)c3ccccc3)=C2SCSc2ncn(C(c3ccccc3)(c3ccccc3)c3ccccc3)n2)cs1. The molecule has 450 valence electrons. The molecule has 90 heavy (non-hydrogen) atoms. The Morgan fingerprint density at radius 2 is 1.13 bits per heavy atom. The summed E-state index contributed by atoms with van der Waals surface area (Å²) in [4.78, 5) is 75.5. The fourth-order valence-electron chi connectivity index (χ4n) is 11.2. The van der Waals surface area contributed by atoms with Crippen LogP contribution in [-0.2, 0) is 44.7 Å². The summed E-state index contributed by atoms with van der Waals surface area (Å²) in [6.45, 7) is 5.26. The zero-order valence-corrected chi connectivity index (χ0v) is 52.3. The number of hydrogen-bond acceptors (Lipinski definition) is 15. The molecule has 15 nitrogen and oxygen atoms in total. The van der Waals surface area contributed by atoms with Crippen molar-refractivity contribution in [1.82, 2.24) is 30.0 Å². The van der Waals surface area contributed by atoms with E-state index >= 15 is 9.59 Å². The molecule has 1 fully saturated rings. The molecule has 0 bridgehead atoms. The van der Waals surface area contributed by atoms with Gasteiger partial charge in [-0.05, 0) is 48.6 Å². The van der Waals surface area contributed by atoms with Gasteiger partial charge in [0.25, 0.3) is 5.91 Å². The number of carbonyl (C=O) groups excluding carboxylic acids is 4. The van der Waals surface area contributed by atoms with E-state index in [9.17, 15) is 9.59 Å². The molecule has 0 spiro atoms. The second-order valence-electron chi connectivity index (χ2n) is 22.0. The van der Waals surface area contributed by atoms with E-state index in [0.717, 1.165) is 50.9 Å². The zero-order valence-electron chi connectivity index (χ0n) is 49.1. The Labute approximate surface area is 538 Å². The smallest absolute Gasteiger partial charge is 0.413 e. The molecule has 1 saturated heterocycles. The Morgan fingerprint density at radius 1 is 0.667 bits per heavy atom. The average molecular weight is 1270 g/mol. The average Bonchev–Trinajstić information content (AvgIpc) is 0.960. The molecule has 2 aliphatic heterocycles. The number of nitrogens with zero attached hydrogens (tertiary/aromatic N) is 6. The van der Waals surface area contributed by atoms with Gasteiger partial charge in [-0.15, -0.1) is 28.2 Å². The highest BCUT2D eigenvalue weighted by Gasteiger charge is 2.58. The predicted octanol–water partition coefficient (Wildman–Crippen LogP) is 14.5. The second kappa shape index (κ2) is 26.7. The molecule has 2 N–H and O–H groups in total. The van der Waals surface area contributed by atoms with E-state index in [1.54, 1.807) is 32.5 Å². The topological polar surface area (TPSA) is 179 Å². The Bertz CT molecular complexity index is 3950. The lowest BCUT2D eigenvalue weighted by Gasteiger charge is -2.51. The molecule has 3 amide bonds. The number of thioether (sulfide) groups is 3. The van der Waals surface area contributed by atoms with Gasteiger partial charge in [0.1, 0.15) is 29.4 Å². The van der Waals surface area contributed by atoms with E-state index in [1.165, 1.54) is 40.2 Å². The summed E-state index contributed by atoms with van der Waals surface area (Å²) in [7, 11) is 0. The number of anilines is 1. The first-order valence-corrected chi connectivity index (χ1v) is 32.6. The van der Waals surface area contributed by atoms with Gasteiger partial charge in [0.15, 0.2) is 16.1 Å². The molecular weight excluding hydrogens is 1210 g/mol. The minimum atomic E-state index is -1.80. The van der Waals surface area contributed by atoms with Gasteiger partial charge >= 0.3 is 12.1 Å². The highest BCUT2D eigenvalue weighted by Crippen LogP contribution is 2.58. The van der Waals surface area contributed by atoms with E-state index in [1.807, 2.05) is 211 Å². The number of nitrogens with one attached hydrogen (secondary N) is 2. The fourth-order valence-corrected chi connectivity index (χ4v) is 16.0. The third-order valence-corrected chi connectivity index (χ3v) is 19.7. The molecule has 19 heteroatoms. The monoisotopic (exact) mass is 1260 g/mol. The number of rotatable bonds is 21. The third kappa shape index (κ3) is 12.5. The summed E-state index contributed by atoms with van der Waals surface area (Å²) in [5.41, 5.74) is 3.44. The van der Waals surface area contributed by atoms with E-state index in [0.29, 0.717) is 16.3 Å². The van der Waals surface area contributed by atoms with Crippen LogP contribution < -0.4 is 10.6 Å². The van der Waals surface area contributed by atoms with Crippen LogP contribution in [0.5, 0.6) is 0 Å². The Balaban J connectivity index is 0.987. The van der Waals surface area contributed by atoms with Gasteiger partial charge < -0.3 is 19.6 Å². The number of thiazole rings is 1. The van der Waals surface area contributed by atoms with Crippen LogP contribution in [0.4, 0.5) is 9.93 Å². The van der Waals surface area contributed by atoms with Crippen molar-refractivity contribution in [1.29, 1.82) is 0 Å². The normalized spacial score (nSPS) is 15.8. The Morgan fingerprint density at radius 3 is 1.60 bits per heavy atom. The van der Waals surface area contributed by atoms with Crippen molar-refractivity contribution in [3.63, 3.8) is 0 Å². The molecule has 0 saturated carbocycles. The lowest BCUT2D eigenvalue weighted by molar-refractivity contribution is -0.152. The molecule has 0 aliphatic carbocycles. The van der Waals surface area contributed by atoms with Crippen molar-refractivity contribution in [3.05, 3.63) is 315 Å². The number of amides is 3. The molecule has 10 aromatic rings. The number of oxime groups is 1. The van der Waals surface area contributed by atoms with Gasteiger partial charge in [-0.1, -0.05) is 271 Å². The van der Waals surface area contributed by atoms with Crippen LogP contribution in [0.1, 0.15) is 83.5 Å². The van der Waals surface area contributed by atoms with Crippen LogP contribution in [0.2, 0.25) is 0 Å². The molecule has 1 unspecified atom stereocenters. The summed E-state index contributed by atoms with van der Waals surface area (Å²) >= 11 is 4.79. The first-order chi connectivity index (χ1) is 43.9. The number of β-lactam (4-membered cyclic amide) rings is 1. The maximum Gasteiger partial charge on any atom is 0.413 e. The van der Waals surface area contributed by atoms with Gasteiger partial charge in [0.05, 0.1) is 27.5 Å². The summed E-state index contributed by atoms with van der Waals surface area (Å²) < 4.78 is 14.2. The molecule has 0 radical (unpaired) electrons. The van der Waals surface area contributed by atoms with Gasteiger partial charge in [-0.3, -0.25) is 19.8 Å². The van der Waals surface area contributed by atoms with Gasteiger partial charge in [0.2, 0.25) is 16.7 Å². The van der Waals surface area contributed by atoms with E-state index in [-0.39, 0.29) is 38.8 Å². The fraction of sp³-hybridized carbons (Fsp3) is 0.155. The molecule has 12 rings (SSSR count). The van der Waals surface area contributed by atoms with Gasteiger partial charge in [0, 0.05) is 22.1 Å². The number of benzene rings is 8. The minimum absolute atomic E-state index is 0.00197. The highest BCUT2D eigenvalue weighted by molar-refractivity contribution is 8.18. The van der Waals surface area contributed by atoms with Gasteiger partial charge in [-0.2, -0.15) is 0 Å². The van der Waals surface area contributed by atoms with E-state index in [2.05, 4.69) is 52.2 Å². The lowest BCUT2D eigenvalue weighted by atomic mass is 9.77. The van der Waals surface area contributed by atoms with Crippen molar-refractivity contribution >= 4 is 81.8 Å². The summed E-state index contributed by atoms with van der Waals surface area (Å²) in [5.74, 6) is -1.92. The molecule has 2 aromatic heterocycles. The van der Waals surface area contributed by atoms with Crippen LogP contribution in [0.15, 0.2) is 275 Å². The molecule has 8 aromatic carbocycles. The van der Waals surface area contributed by atoms with Crippen LogP contribution in [0.25, 0.3) is 0 Å². The van der Waals surface area contributed by atoms with Gasteiger partial charge in [-0.25, -0.2) is 24.2 Å². The standard InChI is InChI=1S/C71H60N8O7S4/c1-68(2,3)85-67(83)75-66-74-57(46-87-66)71(76-58(80)45-73-86-70(54-38-22-9-23-39-54,55-40-24-10-25-41-55)56-42-26-11-27-43-56)63(61(79-59(81)44-60(79)90-71)64(82)84-62(49-28-12-4-13-29-49)50-30-14-5-15-31-50)88-48-89-65-72-47-78(77-65)69(51-32-16-6-17-33-51,52-34-18-7-19-35-52)53-36-20-8-21-37-53/h4-43,45-47,60,62H,44,48H2,1-3H3,(H,76,80)(H,74,75,83)/b73-45-/t60-,71?/m1/s1. The summed E-state index contributed by atoms with van der Waals surface area (Å²) in [6, 6.07) is 78.0. The van der Waals surface area contributed by atoms with E-state index < -0.39 is 51.1 Å². The Kier molecular flexibility index (Phi) is 18.0. The second-order valence-corrected chi connectivity index (χ2v) is 26.5. The van der Waals surface area contributed by atoms with Crippen molar-refractivity contribution in [2.24, 2.45) is 5.16 Å². The van der Waals surface area contributed by atoms with Crippen molar-refractivity contribution in [2.75, 3.05) is 10.4 Å². The number of ether oxygens (including phenoxy) is 2. The molecular formula is C71H60N8O7S4. The largest absolute Gasteiger partial charge is 0.448 e. The van der Waals surface area contributed by atoms with Crippen LogP contribution in [0.3, 0.4) is 0 Å². The maximum absolute atomic E-state index is 15.8. The highest BCUT2D eigenvalue weighted by atomic mass is 32.2. The Hall–Kier alpha value is -9.53. The first kappa shape index (κ1) is 60.7. The molecule has 4 heterocycles. The quantitative estimate of drug-likeness (QED) is 0.0132. The number of esters is 1. The summed E-state index contributed by atoms with van der Waals surface area (Å²) in [6.07, 6.45) is 1.09. The number of aromatic nitrogens is 4. The molecule has 2 aliphatic rings.